The molecular formula is C20H30N4O2S. The molecule has 0 aliphatic heterocycles. The number of thiazole rings is 1. The zero-order valence-electron chi connectivity index (χ0n) is 16.9. The van der Waals surface area contributed by atoms with Gasteiger partial charge in [0.25, 0.3) is 0 Å². The molecule has 2 N–H and O–H groups in total. The van der Waals surface area contributed by atoms with Crippen LogP contribution in [0.25, 0.3) is 0 Å². The molecule has 0 bridgehead atoms. The first kappa shape index (κ1) is 21.2. The van der Waals surface area contributed by atoms with Crippen molar-refractivity contribution in [2.75, 3.05) is 27.4 Å². The van der Waals surface area contributed by atoms with Gasteiger partial charge in [0, 0.05) is 44.2 Å². The van der Waals surface area contributed by atoms with Gasteiger partial charge < -0.3 is 20.1 Å². The third-order valence-electron chi connectivity index (χ3n) is 4.12. The maximum Gasteiger partial charge on any atom is 0.191 e. The van der Waals surface area contributed by atoms with E-state index in [2.05, 4.69) is 52.7 Å². The van der Waals surface area contributed by atoms with Crippen molar-refractivity contribution in [3.8, 4) is 5.75 Å². The van der Waals surface area contributed by atoms with Crippen molar-refractivity contribution in [1.29, 1.82) is 0 Å². The molecule has 1 aromatic carbocycles. The fourth-order valence-corrected chi connectivity index (χ4v) is 3.37. The van der Waals surface area contributed by atoms with Crippen molar-refractivity contribution in [3.05, 3.63) is 44.9 Å². The van der Waals surface area contributed by atoms with Crippen molar-refractivity contribution in [2.24, 2.45) is 4.99 Å². The first-order valence-corrected chi connectivity index (χ1v) is 9.93. The Bertz CT molecular complexity index is 739. The van der Waals surface area contributed by atoms with E-state index < -0.39 is 0 Å². The van der Waals surface area contributed by atoms with Crippen LogP contribution >= 0.6 is 11.3 Å². The first-order chi connectivity index (χ1) is 13.0. The number of nitrogens with zero attached hydrogens (tertiary/aromatic N) is 2. The molecule has 0 amide bonds. The van der Waals surface area contributed by atoms with E-state index in [0.717, 1.165) is 34.4 Å². The highest BCUT2D eigenvalue weighted by molar-refractivity contribution is 7.11. The summed E-state index contributed by atoms with van der Waals surface area (Å²) in [5.74, 6) is 1.65. The van der Waals surface area contributed by atoms with E-state index in [4.69, 9.17) is 9.47 Å². The fraction of sp³-hybridized carbons (Fsp3) is 0.500. The van der Waals surface area contributed by atoms with Crippen molar-refractivity contribution in [1.82, 2.24) is 15.6 Å². The number of hydrogen-bond donors (Lipinski definition) is 2. The number of aromatic nitrogens is 1. The number of ether oxygens (including phenoxy) is 2. The summed E-state index contributed by atoms with van der Waals surface area (Å²) in [5, 5.41) is 7.73. The van der Waals surface area contributed by atoms with Gasteiger partial charge >= 0.3 is 0 Å². The largest absolute Gasteiger partial charge is 0.493 e. The summed E-state index contributed by atoms with van der Waals surface area (Å²) in [6, 6.07) is 6.26. The standard InChI is InChI=1S/C20H30N4O2S/c1-14-7-8-17(18(11-14)26-10-6-9-25-5)12-22-20(21-4)23-13-19-24-15(2)16(3)27-19/h7-8,11H,6,9-10,12-13H2,1-5H3,(H2,21,22,23). The van der Waals surface area contributed by atoms with Gasteiger partial charge in [0.1, 0.15) is 10.8 Å². The number of aryl methyl sites for hydroxylation is 3. The molecule has 0 aliphatic rings. The molecule has 2 rings (SSSR count). The minimum atomic E-state index is 0.634. The number of rotatable bonds is 9. The molecule has 0 atom stereocenters. The predicted molar refractivity (Wildman–Crippen MR) is 112 cm³/mol. The third-order valence-corrected chi connectivity index (χ3v) is 5.20. The Labute approximate surface area is 166 Å². The molecule has 1 aromatic heterocycles. The molecule has 148 valence electrons. The Kier molecular flexibility index (Phi) is 8.54. The van der Waals surface area contributed by atoms with E-state index in [1.165, 1.54) is 10.4 Å². The lowest BCUT2D eigenvalue weighted by molar-refractivity contribution is 0.171. The molecule has 1 heterocycles. The second kappa shape index (κ2) is 10.9. The summed E-state index contributed by atoms with van der Waals surface area (Å²) in [7, 11) is 3.47. The average molecular weight is 391 g/mol. The van der Waals surface area contributed by atoms with Crippen LogP contribution in [-0.2, 0) is 17.8 Å². The Balaban J connectivity index is 1.91. The molecule has 6 nitrogen and oxygen atoms in total. The van der Waals surface area contributed by atoms with Crippen LogP contribution in [0.4, 0.5) is 0 Å². The molecule has 0 fully saturated rings. The quantitative estimate of drug-likeness (QED) is 0.390. The highest BCUT2D eigenvalue weighted by Crippen LogP contribution is 2.20. The van der Waals surface area contributed by atoms with Gasteiger partial charge in [-0.2, -0.15) is 0 Å². The maximum atomic E-state index is 5.94. The minimum Gasteiger partial charge on any atom is -0.493 e. The van der Waals surface area contributed by atoms with Gasteiger partial charge in [0.2, 0.25) is 0 Å². The number of methoxy groups -OCH3 is 1. The van der Waals surface area contributed by atoms with Gasteiger partial charge in [-0.15, -0.1) is 11.3 Å². The van der Waals surface area contributed by atoms with Crippen LogP contribution < -0.4 is 15.4 Å². The minimum absolute atomic E-state index is 0.634. The first-order valence-electron chi connectivity index (χ1n) is 9.12. The van der Waals surface area contributed by atoms with Crippen LogP contribution in [0.2, 0.25) is 0 Å². The second-order valence-electron chi connectivity index (χ2n) is 6.33. The summed E-state index contributed by atoms with van der Waals surface area (Å²) in [5.41, 5.74) is 3.37. The second-order valence-corrected chi connectivity index (χ2v) is 7.62. The zero-order chi connectivity index (χ0) is 19.6. The average Bonchev–Trinajstić information content (AvgIpc) is 2.98. The van der Waals surface area contributed by atoms with Crippen molar-refractivity contribution < 1.29 is 9.47 Å². The lowest BCUT2D eigenvalue weighted by Crippen LogP contribution is -2.36. The van der Waals surface area contributed by atoms with Gasteiger partial charge in [0.15, 0.2) is 5.96 Å². The number of hydrogen-bond acceptors (Lipinski definition) is 5. The highest BCUT2D eigenvalue weighted by atomic mass is 32.1. The lowest BCUT2D eigenvalue weighted by atomic mass is 10.1. The smallest absolute Gasteiger partial charge is 0.191 e. The molecule has 0 aliphatic carbocycles. The van der Waals surface area contributed by atoms with Gasteiger partial charge in [-0.05, 0) is 32.4 Å². The van der Waals surface area contributed by atoms with Gasteiger partial charge in [-0.25, -0.2) is 4.98 Å². The van der Waals surface area contributed by atoms with Gasteiger partial charge in [0.05, 0.1) is 18.8 Å². The Morgan fingerprint density at radius 2 is 1.93 bits per heavy atom. The van der Waals surface area contributed by atoms with Crippen molar-refractivity contribution >= 4 is 17.3 Å². The van der Waals surface area contributed by atoms with E-state index in [9.17, 15) is 0 Å². The monoisotopic (exact) mass is 390 g/mol. The highest BCUT2D eigenvalue weighted by Gasteiger charge is 2.08. The third kappa shape index (κ3) is 6.84. The lowest BCUT2D eigenvalue weighted by Gasteiger charge is -2.15. The molecule has 0 spiro atoms. The van der Waals surface area contributed by atoms with E-state index in [1.807, 2.05) is 6.92 Å². The van der Waals surface area contributed by atoms with Crippen LogP contribution in [0.15, 0.2) is 23.2 Å². The van der Waals surface area contributed by atoms with E-state index in [-0.39, 0.29) is 0 Å². The SMILES string of the molecule is CN=C(NCc1nc(C)c(C)s1)NCc1ccc(C)cc1OCCCOC. The summed E-state index contributed by atoms with van der Waals surface area (Å²) in [6.07, 6.45) is 0.868. The fourth-order valence-electron chi connectivity index (χ4n) is 2.50. The molecule has 0 saturated carbocycles. The van der Waals surface area contributed by atoms with Crippen LogP contribution in [0.3, 0.4) is 0 Å². The van der Waals surface area contributed by atoms with E-state index in [0.29, 0.717) is 26.3 Å². The predicted octanol–water partition coefficient (Wildman–Crippen LogP) is 3.35. The van der Waals surface area contributed by atoms with Gasteiger partial charge in [-0.3, -0.25) is 4.99 Å². The summed E-state index contributed by atoms with van der Waals surface area (Å²) < 4.78 is 11.0. The number of benzene rings is 1. The molecule has 0 unspecified atom stereocenters. The number of guanidine groups is 1. The number of nitrogens with one attached hydrogen (secondary N) is 2. The summed E-state index contributed by atoms with van der Waals surface area (Å²) >= 11 is 1.71. The van der Waals surface area contributed by atoms with Crippen molar-refractivity contribution in [2.45, 2.75) is 40.3 Å². The normalized spacial score (nSPS) is 11.5. The summed E-state index contributed by atoms with van der Waals surface area (Å²) in [6.45, 7) is 8.83. The maximum absolute atomic E-state index is 5.94. The molecule has 0 saturated heterocycles. The Morgan fingerprint density at radius 3 is 2.59 bits per heavy atom. The molecule has 27 heavy (non-hydrogen) atoms. The number of aliphatic imine (C=N–C) groups is 1. The molecule has 0 radical (unpaired) electrons. The Morgan fingerprint density at radius 1 is 1.15 bits per heavy atom. The molecular weight excluding hydrogens is 360 g/mol. The molecule has 7 heteroatoms. The van der Waals surface area contributed by atoms with Crippen LogP contribution in [-0.4, -0.2) is 38.3 Å². The van der Waals surface area contributed by atoms with Crippen LogP contribution in [0.1, 0.15) is 33.1 Å². The van der Waals surface area contributed by atoms with Crippen molar-refractivity contribution in [3.63, 3.8) is 0 Å². The van der Waals surface area contributed by atoms with E-state index >= 15 is 0 Å². The van der Waals surface area contributed by atoms with E-state index in [1.54, 1.807) is 25.5 Å². The zero-order valence-corrected chi connectivity index (χ0v) is 17.7. The summed E-state index contributed by atoms with van der Waals surface area (Å²) in [4.78, 5) is 10.1. The van der Waals surface area contributed by atoms with Gasteiger partial charge in [-0.1, -0.05) is 12.1 Å². The van der Waals surface area contributed by atoms with Crippen LogP contribution in [0, 0.1) is 20.8 Å². The van der Waals surface area contributed by atoms with Crippen LogP contribution in [0.5, 0.6) is 5.75 Å². The molecule has 2 aromatic rings. The Hall–Kier alpha value is -2.12. The topological polar surface area (TPSA) is 67.8 Å².